The molecule has 1 heterocycles. The highest BCUT2D eigenvalue weighted by atomic mass is 16.5. The van der Waals surface area contributed by atoms with E-state index in [1.54, 1.807) is 0 Å². The lowest BCUT2D eigenvalue weighted by molar-refractivity contribution is 0.0939. The lowest BCUT2D eigenvalue weighted by atomic mass is 10.0. The van der Waals surface area contributed by atoms with Gasteiger partial charge >= 0.3 is 0 Å². The molecule has 0 aromatic carbocycles. The molecule has 0 aromatic heterocycles. The molecular formula is C9H16N2O. The summed E-state index contributed by atoms with van der Waals surface area (Å²) in [6.07, 6.45) is 3.03. The van der Waals surface area contributed by atoms with Crippen LogP contribution in [0.4, 0.5) is 0 Å². The molecule has 1 fully saturated rings. The molecule has 1 N–H and O–H groups in total. The van der Waals surface area contributed by atoms with Crippen LogP contribution in [-0.2, 0) is 4.74 Å². The number of hydrogen-bond donors (Lipinski definition) is 1. The second-order valence-corrected chi connectivity index (χ2v) is 3.20. The molecule has 1 aliphatic rings. The number of rotatable bonds is 4. The summed E-state index contributed by atoms with van der Waals surface area (Å²) >= 11 is 0. The fourth-order valence-corrected chi connectivity index (χ4v) is 1.43. The van der Waals surface area contributed by atoms with Gasteiger partial charge in [-0.1, -0.05) is 0 Å². The number of nitrogens with zero attached hydrogens (tertiary/aromatic N) is 1. The third kappa shape index (κ3) is 3.70. The van der Waals surface area contributed by atoms with Crippen LogP contribution in [0.25, 0.3) is 0 Å². The number of ether oxygens (including phenoxy) is 1. The van der Waals surface area contributed by atoms with Crippen LogP contribution < -0.4 is 5.32 Å². The summed E-state index contributed by atoms with van der Waals surface area (Å²) < 4.78 is 5.35. The second kappa shape index (κ2) is 5.99. The average Bonchev–Trinajstić information content (AvgIpc) is 2.14. The second-order valence-electron chi connectivity index (χ2n) is 3.20. The molecule has 0 bridgehead atoms. The topological polar surface area (TPSA) is 45.0 Å². The molecule has 3 nitrogen and oxygen atoms in total. The van der Waals surface area contributed by atoms with E-state index in [1.807, 2.05) is 0 Å². The minimum Gasteiger partial charge on any atom is -0.380 e. The first-order chi connectivity index (χ1) is 5.93. The van der Waals surface area contributed by atoms with Crippen molar-refractivity contribution in [2.75, 3.05) is 26.3 Å². The van der Waals surface area contributed by atoms with Gasteiger partial charge in [0.05, 0.1) is 25.7 Å². The molecule has 1 rings (SSSR count). The maximum atomic E-state index is 8.26. The highest BCUT2D eigenvalue weighted by Crippen LogP contribution is 2.09. The van der Waals surface area contributed by atoms with Crippen LogP contribution in [0.2, 0.25) is 0 Å². The van der Waals surface area contributed by atoms with E-state index in [4.69, 9.17) is 10.00 Å². The summed E-state index contributed by atoms with van der Waals surface area (Å²) in [7, 11) is 0. The number of piperidine rings is 1. The molecule has 0 radical (unpaired) electrons. The van der Waals surface area contributed by atoms with E-state index in [2.05, 4.69) is 11.4 Å². The Bertz CT molecular complexity index is 147. The van der Waals surface area contributed by atoms with E-state index in [1.165, 1.54) is 12.8 Å². The first kappa shape index (κ1) is 9.50. The van der Waals surface area contributed by atoms with Gasteiger partial charge in [-0.05, 0) is 25.3 Å². The fourth-order valence-electron chi connectivity index (χ4n) is 1.43. The fraction of sp³-hybridized carbons (Fsp3) is 0.889. The minimum absolute atomic E-state index is 0.514. The summed E-state index contributed by atoms with van der Waals surface area (Å²) in [6.45, 7) is 3.63. The third-order valence-corrected chi connectivity index (χ3v) is 2.11. The van der Waals surface area contributed by atoms with Gasteiger partial charge in [0.15, 0.2) is 0 Å². The van der Waals surface area contributed by atoms with Crippen molar-refractivity contribution in [3.8, 4) is 6.07 Å². The van der Waals surface area contributed by atoms with Crippen LogP contribution in [0.3, 0.4) is 0 Å². The summed E-state index contributed by atoms with van der Waals surface area (Å²) in [4.78, 5) is 0. The standard InChI is InChI=1S/C9H16N2O/c10-4-2-6-12-8-9-3-1-5-11-7-9/h9,11H,1-3,5-8H2. The van der Waals surface area contributed by atoms with Gasteiger partial charge in [-0.15, -0.1) is 0 Å². The van der Waals surface area contributed by atoms with Gasteiger partial charge in [0.2, 0.25) is 0 Å². The van der Waals surface area contributed by atoms with Gasteiger partial charge in [0.25, 0.3) is 0 Å². The van der Waals surface area contributed by atoms with Crippen molar-refractivity contribution in [3.63, 3.8) is 0 Å². The zero-order valence-corrected chi connectivity index (χ0v) is 7.38. The monoisotopic (exact) mass is 168 g/mol. The number of nitrogens with one attached hydrogen (secondary N) is 1. The molecule has 68 valence electrons. The van der Waals surface area contributed by atoms with Gasteiger partial charge in [0.1, 0.15) is 0 Å². The zero-order chi connectivity index (χ0) is 8.65. The number of nitriles is 1. The van der Waals surface area contributed by atoms with E-state index in [0.29, 0.717) is 18.9 Å². The summed E-state index contributed by atoms with van der Waals surface area (Å²) in [5.41, 5.74) is 0. The lowest BCUT2D eigenvalue weighted by Gasteiger charge is -2.22. The predicted octanol–water partition coefficient (Wildman–Crippen LogP) is 0.916. The Labute approximate surface area is 73.7 Å². The van der Waals surface area contributed by atoms with Crippen LogP contribution in [-0.4, -0.2) is 26.3 Å². The van der Waals surface area contributed by atoms with Crippen LogP contribution >= 0.6 is 0 Å². The third-order valence-electron chi connectivity index (χ3n) is 2.11. The molecule has 12 heavy (non-hydrogen) atoms. The quantitative estimate of drug-likeness (QED) is 0.635. The van der Waals surface area contributed by atoms with E-state index in [0.717, 1.165) is 19.7 Å². The van der Waals surface area contributed by atoms with Crippen LogP contribution in [0, 0.1) is 17.2 Å². The molecule has 0 saturated carbocycles. The minimum atomic E-state index is 0.514. The largest absolute Gasteiger partial charge is 0.380 e. The molecule has 0 spiro atoms. The van der Waals surface area contributed by atoms with Crippen molar-refractivity contribution in [3.05, 3.63) is 0 Å². The Morgan fingerprint density at radius 1 is 1.58 bits per heavy atom. The maximum absolute atomic E-state index is 8.26. The highest BCUT2D eigenvalue weighted by Gasteiger charge is 2.12. The van der Waals surface area contributed by atoms with Crippen LogP contribution in [0.15, 0.2) is 0 Å². The van der Waals surface area contributed by atoms with Crippen LogP contribution in [0.1, 0.15) is 19.3 Å². The smallest absolute Gasteiger partial charge is 0.0645 e. The molecule has 0 aliphatic carbocycles. The van der Waals surface area contributed by atoms with Gasteiger partial charge in [-0.25, -0.2) is 0 Å². The SMILES string of the molecule is N#CCCOCC1CCCNC1. The Morgan fingerprint density at radius 3 is 3.17 bits per heavy atom. The van der Waals surface area contributed by atoms with Crippen molar-refractivity contribution in [1.82, 2.24) is 5.32 Å². The molecule has 3 heteroatoms. The van der Waals surface area contributed by atoms with Gasteiger partial charge in [0, 0.05) is 6.54 Å². The Kier molecular flexibility index (Phi) is 4.74. The summed E-state index contributed by atoms with van der Waals surface area (Å²) in [5, 5.41) is 11.6. The van der Waals surface area contributed by atoms with E-state index < -0.39 is 0 Å². The van der Waals surface area contributed by atoms with Crippen molar-refractivity contribution in [1.29, 1.82) is 5.26 Å². The van der Waals surface area contributed by atoms with Crippen molar-refractivity contribution < 1.29 is 4.74 Å². The first-order valence-electron chi connectivity index (χ1n) is 4.59. The van der Waals surface area contributed by atoms with Crippen LogP contribution in [0.5, 0.6) is 0 Å². The summed E-state index contributed by atoms with van der Waals surface area (Å²) in [5.74, 6) is 0.664. The van der Waals surface area contributed by atoms with Gasteiger partial charge in [-0.2, -0.15) is 5.26 Å². The van der Waals surface area contributed by atoms with Crippen molar-refractivity contribution in [2.45, 2.75) is 19.3 Å². The normalized spacial score (nSPS) is 23.4. The van der Waals surface area contributed by atoms with E-state index >= 15 is 0 Å². The Hall–Kier alpha value is -0.590. The first-order valence-corrected chi connectivity index (χ1v) is 4.59. The predicted molar refractivity (Wildman–Crippen MR) is 46.6 cm³/mol. The molecule has 1 unspecified atom stereocenters. The van der Waals surface area contributed by atoms with E-state index in [-0.39, 0.29) is 0 Å². The highest BCUT2D eigenvalue weighted by molar-refractivity contribution is 4.70. The molecular weight excluding hydrogens is 152 g/mol. The zero-order valence-electron chi connectivity index (χ0n) is 7.38. The number of hydrogen-bond acceptors (Lipinski definition) is 3. The molecule has 0 aromatic rings. The molecule has 1 saturated heterocycles. The lowest BCUT2D eigenvalue weighted by Crippen LogP contribution is -2.32. The van der Waals surface area contributed by atoms with Crippen molar-refractivity contribution >= 4 is 0 Å². The molecule has 1 atom stereocenters. The maximum Gasteiger partial charge on any atom is 0.0645 e. The Morgan fingerprint density at radius 2 is 2.50 bits per heavy atom. The average molecular weight is 168 g/mol. The van der Waals surface area contributed by atoms with E-state index in [9.17, 15) is 0 Å². The van der Waals surface area contributed by atoms with Crippen molar-refractivity contribution in [2.24, 2.45) is 5.92 Å². The molecule has 1 aliphatic heterocycles. The Balaban J connectivity index is 1.95. The summed E-state index contributed by atoms with van der Waals surface area (Å²) in [6, 6.07) is 2.06. The van der Waals surface area contributed by atoms with Gasteiger partial charge < -0.3 is 10.1 Å². The van der Waals surface area contributed by atoms with Gasteiger partial charge in [-0.3, -0.25) is 0 Å². The molecule has 0 amide bonds.